The molecular weight excluding hydrogens is 172 g/mol. The zero-order valence-electron chi connectivity index (χ0n) is 7.05. The van der Waals surface area contributed by atoms with E-state index in [0.717, 1.165) is 0 Å². The van der Waals surface area contributed by atoms with Crippen LogP contribution in [0.15, 0.2) is 0 Å². The molecule has 0 aliphatic carbocycles. The van der Waals surface area contributed by atoms with Crippen LogP contribution in [0.4, 0.5) is 0 Å². The van der Waals surface area contributed by atoms with Crippen molar-refractivity contribution < 1.29 is 4.79 Å². The molecule has 0 aliphatic rings. The molecular formula is C6H13N6O. The highest BCUT2D eigenvalue weighted by Crippen LogP contribution is 1.85. The smallest absolute Gasteiger partial charge is 0.200 e. The van der Waals surface area contributed by atoms with Gasteiger partial charge in [-0.15, -0.1) is 0 Å². The molecule has 0 heterocycles. The molecule has 7 heteroatoms. The summed E-state index contributed by atoms with van der Waals surface area (Å²) in [6, 6.07) is -0.362. The number of hydrogen-bond donors (Lipinski definition) is 6. The second-order valence-corrected chi connectivity index (χ2v) is 2.40. The van der Waals surface area contributed by atoms with Gasteiger partial charge in [0, 0.05) is 13.0 Å². The van der Waals surface area contributed by atoms with Crippen molar-refractivity contribution >= 4 is 18.2 Å². The van der Waals surface area contributed by atoms with E-state index in [1.54, 1.807) is 6.29 Å². The standard InChI is InChI=1S/C6H13N6O/c7-5(8)11-3-4(1-2-13)12-6(9)10/h4H,1,3H2,(H4,7,8,11)(H4,9,10,12). The van der Waals surface area contributed by atoms with Crippen LogP contribution in [0.5, 0.6) is 0 Å². The molecule has 13 heavy (non-hydrogen) atoms. The highest BCUT2D eigenvalue weighted by atomic mass is 16.1. The Morgan fingerprint density at radius 2 is 2.00 bits per heavy atom. The first-order chi connectivity index (χ1) is 6.06. The molecule has 0 fully saturated rings. The van der Waals surface area contributed by atoms with Crippen LogP contribution in [0.3, 0.4) is 0 Å². The summed E-state index contributed by atoms with van der Waals surface area (Å²) < 4.78 is 0. The second-order valence-electron chi connectivity index (χ2n) is 2.40. The van der Waals surface area contributed by atoms with Crippen molar-refractivity contribution in [1.82, 2.24) is 10.6 Å². The first-order valence-corrected chi connectivity index (χ1v) is 3.59. The second kappa shape index (κ2) is 5.81. The quantitative estimate of drug-likeness (QED) is 0.213. The molecule has 0 aromatic rings. The molecule has 0 bridgehead atoms. The van der Waals surface area contributed by atoms with E-state index >= 15 is 0 Å². The van der Waals surface area contributed by atoms with Gasteiger partial charge in [0.1, 0.15) is 0 Å². The third-order valence-electron chi connectivity index (χ3n) is 1.23. The molecule has 8 N–H and O–H groups in total. The summed E-state index contributed by atoms with van der Waals surface area (Å²) in [6.45, 7) is 0.254. The number of guanidine groups is 2. The molecule has 0 amide bonds. The topological polar surface area (TPSA) is 141 Å². The fraction of sp³-hybridized carbons (Fsp3) is 0.500. The third kappa shape index (κ3) is 6.60. The molecule has 1 radical (unpaired) electrons. The molecule has 0 saturated heterocycles. The Balaban J connectivity index is 3.85. The lowest BCUT2D eigenvalue weighted by molar-refractivity contribution is 0.526. The minimum absolute atomic E-state index is 0.0832. The highest BCUT2D eigenvalue weighted by molar-refractivity contribution is 5.76. The summed E-state index contributed by atoms with van der Waals surface area (Å²) in [4.78, 5) is 10.1. The van der Waals surface area contributed by atoms with Crippen molar-refractivity contribution in [3.8, 4) is 0 Å². The summed E-state index contributed by atoms with van der Waals surface area (Å²) in [5.41, 5.74) is 10.1. The van der Waals surface area contributed by atoms with Crippen molar-refractivity contribution in [2.45, 2.75) is 12.5 Å². The lowest BCUT2D eigenvalue weighted by atomic mass is 10.2. The monoisotopic (exact) mass is 185 g/mol. The van der Waals surface area contributed by atoms with Crippen molar-refractivity contribution in [2.24, 2.45) is 11.5 Å². The fourth-order valence-corrected chi connectivity index (χ4v) is 0.728. The molecule has 0 aromatic carbocycles. The summed E-state index contributed by atoms with van der Waals surface area (Å²) in [7, 11) is 0. The van der Waals surface area contributed by atoms with Crippen molar-refractivity contribution in [2.75, 3.05) is 6.54 Å². The van der Waals surface area contributed by atoms with Gasteiger partial charge in [0.25, 0.3) is 0 Å². The van der Waals surface area contributed by atoms with E-state index in [-0.39, 0.29) is 30.9 Å². The maximum atomic E-state index is 10.1. The van der Waals surface area contributed by atoms with E-state index in [4.69, 9.17) is 22.3 Å². The van der Waals surface area contributed by atoms with Crippen LogP contribution in [-0.4, -0.2) is 30.8 Å². The zero-order valence-corrected chi connectivity index (χ0v) is 7.05. The van der Waals surface area contributed by atoms with Crippen LogP contribution in [0.25, 0.3) is 0 Å². The number of carbonyl (C=O) groups excluding carboxylic acids is 1. The van der Waals surface area contributed by atoms with E-state index in [1.807, 2.05) is 0 Å². The van der Waals surface area contributed by atoms with Crippen LogP contribution in [0, 0.1) is 10.8 Å². The molecule has 7 nitrogen and oxygen atoms in total. The molecule has 1 unspecified atom stereocenters. The molecule has 0 rings (SSSR count). The van der Waals surface area contributed by atoms with Gasteiger partial charge in [-0.1, -0.05) is 0 Å². The van der Waals surface area contributed by atoms with E-state index in [9.17, 15) is 4.79 Å². The minimum atomic E-state index is -0.362. The van der Waals surface area contributed by atoms with Crippen LogP contribution < -0.4 is 22.1 Å². The Hall–Kier alpha value is -1.79. The average Bonchev–Trinajstić information content (AvgIpc) is 1.99. The fourth-order valence-electron chi connectivity index (χ4n) is 0.728. The van der Waals surface area contributed by atoms with Crippen molar-refractivity contribution in [3.05, 3.63) is 0 Å². The van der Waals surface area contributed by atoms with Gasteiger partial charge < -0.3 is 22.1 Å². The number of hydrogen-bond acceptors (Lipinski definition) is 3. The Labute approximate surface area is 75.9 Å². The third-order valence-corrected chi connectivity index (χ3v) is 1.23. The van der Waals surface area contributed by atoms with Gasteiger partial charge in [-0.3, -0.25) is 15.6 Å². The average molecular weight is 185 g/mol. The van der Waals surface area contributed by atoms with Gasteiger partial charge in [-0.05, 0) is 0 Å². The van der Waals surface area contributed by atoms with Crippen LogP contribution >= 0.6 is 0 Å². The Morgan fingerprint density at radius 3 is 2.38 bits per heavy atom. The van der Waals surface area contributed by atoms with Gasteiger partial charge in [0.05, 0.1) is 6.04 Å². The predicted molar refractivity (Wildman–Crippen MR) is 49.1 cm³/mol. The molecule has 0 aliphatic heterocycles. The molecule has 0 saturated carbocycles. The maximum Gasteiger partial charge on any atom is 0.200 e. The normalized spacial score (nSPS) is 11.4. The van der Waals surface area contributed by atoms with Gasteiger partial charge in [-0.25, -0.2) is 0 Å². The highest BCUT2D eigenvalue weighted by Gasteiger charge is 2.08. The van der Waals surface area contributed by atoms with Crippen LogP contribution in [0.1, 0.15) is 6.42 Å². The lowest BCUT2D eigenvalue weighted by Crippen LogP contribution is -2.47. The van der Waals surface area contributed by atoms with Crippen LogP contribution in [0.2, 0.25) is 0 Å². The van der Waals surface area contributed by atoms with Crippen LogP contribution in [-0.2, 0) is 4.79 Å². The van der Waals surface area contributed by atoms with E-state index in [2.05, 4.69) is 10.6 Å². The predicted octanol–water partition coefficient (Wildman–Crippen LogP) is -2.18. The lowest BCUT2D eigenvalue weighted by Gasteiger charge is -2.16. The number of nitrogens with one attached hydrogen (secondary N) is 4. The first-order valence-electron chi connectivity index (χ1n) is 3.59. The number of rotatable bonds is 5. The van der Waals surface area contributed by atoms with Gasteiger partial charge in [0.2, 0.25) is 6.29 Å². The van der Waals surface area contributed by atoms with Gasteiger partial charge in [0.15, 0.2) is 11.9 Å². The minimum Gasteiger partial charge on any atom is -0.370 e. The van der Waals surface area contributed by atoms with Gasteiger partial charge in [-0.2, -0.15) is 0 Å². The van der Waals surface area contributed by atoms with E-state index in [0.29, 0.717) is 0 Å². The summed E-state index contributed by atoms with van der Waals surface area (Å²) >= 11 is 0. The molecule has 1 atom stereocenters. The molecule has 0 spiro atoms. The Morgan fingerprint density at radius 1 is 1.38 bits per heavy atom. The van der Waals surface area contributed by atoms with Crippen molar-refractivity contribution in [1.29, 1.82) is 10.8 Å². The van der Waals surface area contributed by atoms with Gasteiger partial charge >= 0.3 is 0 Å². The maximum absolute atomic E-state index is 10.1. The molecule has 73 valence electrons. The SMILES string of the molecule is N=C(N)NCC(C[C]=O)NC(=N)N. The van der Waals surface area contributed by atoms with E-state index < -0.39 is 0 Å². The zero-order chi connectivity index (χ0) is 10.3. The first kappa shape index (κ1) is 11.2. The summed E-state index contributed by atoms with van der Waals surface area (Å²) in [5.74, 6) is -0.424. The van der Waals surface area contributed by atoms with E-state index in [1.165, 1.54) is 0 Å². The summed E-state index contributed by atoms with van der Waals surface area (Å²) in [5, 5.41) is 18.8. The summed E-state index contributed by atoms with van der Waals surface area (Å²) in [6.07, 6.45) is 1.76. The Kier molecular flexibility index (Phi) is 5.01. The van der Waals surface area contributed by atoms with Crippen molar-refractivity contribution in [3.63, 3.8) is 0 Å². The Bertz CT molecular complexity index is 203. The molecule has 0 aromatic heterocycles. The number of nitrogens with two attached hydrogens (primary N) is 2. The largest absolute Gasteiger partial charge is 0.370 e.